The quantitative estimate of drug-likeness (QED) is 0.803. The monoisotopic (exact) mass is 366 g/mol. The number of ether oxygens (including phenoxy) is 1. The Morgan fingerprint density at radius 2 is 2.22 bits per heavy atom. The van der Waals surface area contributed by atoms with Crippen molar-refractivity contribution in [2.75, 3.05) is 6.54 Å². The Kier molecular flexibility index (Phi) is 4.14. The van der Waals surface area contributed by atoms with Crippen LogP contribution in [0.3, 0.4) is 0 Å². The summed E-state index contributed by atoms with van der Waals surface area (Å²) in [6.07, 6.45) is 5.66. The third-order valence-corrected chi connectivity index (χ3v) is 5.89. The standard InChI is InChI=1S/C21H26N4O2/c1-20(2,3)25-13-21(27-19(25)26)8-4-5-16(10-21)12-24-14-23-17-7-6-15(11-22)9-18(17)24/h6-7,9,14,16H,4-5,8,10,12-13H2,1-3H3/t16-,21-/m0/s1. The molecule has 1 spiro atoms. The Hall–Kier alpha value is -2.55. The average Bonchev–Trinajstić information content (AvgIpc) is 3.15. The number of hydrogen-bond acceptors (Lipinski definition) is 4. The molecule has 1 amide bonds. The highest BCUT2D eigenvalue weighted by Crippen LogP contribution is 2.42. The van der Waals surface area contributed by atoms with Crippen molar-refractivity contribution in [2.24, 2.45) is 5.92 Å². The third kappa shape index (κ3) is 3.27. The molecule has 27 heavy (non-hydrogen) atoms. The first-order valence-electron chi connectivity index (χ1n) is 9.65. The molecule has 2 aliphatic rings. The van der Waals surface area contributed by atoms with Gasteiger partial charge >= 0.3 is 6.09 Å². The number of fused-ring (bicyclic) bond motifs is 1. The summed E-state index contributed by atoms with van der Waals surface area (Å²) in [7, 11) is 0. The van der Waals surface area contributed by atoms with Crippen LogP contribution in [-0.2, 0) is 11.3 Å². The molecule has 2 atom stereocenters. The van der Waals surface area contributed by atoms with Gasteiger partial charge in [-0.1, -0.05) is 0 Å². The number of carbonyl (C=O) groups is 1. The maximum atomic E-state index is 12.4. The summed E-state index contributed by atoms with van der Waals surface area (Å²) in [5, 5.41) is 9.17. The number of benzene rings is 1. The number of nitriles is 1. The van der Waals surface area contributed by atoms with E-state index in [1.54, 1.807) is 6.07 Å². The zero-order chi connectivity index (χ0) is 19.2. The predicted octanol–water partition coefficient (Wildman–Crippen LogP) is 4.09. The summed E-state index contributed by atoms with van der Waals surface area (Å²) < 4.78 is 8.06. The van der Waals surface area contributed by atoms with Crippen LogP contribution < -0.4 is 0 Å². The lowest BCUT2D eigenvalue weighted by Crippen LogP contribution is -2.45. The van der Waals surface area contributed by atoms with Gasteiger partial charge in [-0.2, -0.15) is 5.26 Å². The molecule has 6 nitrogen and oxygen atoms in total. The van der Waals surface area contributed by atoms with Crippen LogP contribution in [0, 0.1) is 17.2 Å². The van der Waals surface area contributed by atoms with E-state index >= 15 is 0 Å². The summed E-state index contributed by atoms with van der Waals surface area (Å²) in [4.78, 5) is 18.7. The van der Waals surface area contributed by atoms with Gasteiger partial charge in [0.15, 0.2) is 0 Å². The van der Waals surface area contributed by atoms with Crippen LogP contribution in [0.1, 0.15) is 52.0 Å². The SMILES string of the molecule is CC(C)(C)N1C[C@@]2(CCC[C@H](Cn3cnc4ccc(C#N)cc43)C2)OC1=O. The van der Waals surface area contributed by atoms with Crippen molar-refractivity contribution in [3.05, 3.63) is 30.1 Å². The molecule has 2 aromatic rings. The molecule has 0 radical (unpaired) electrons. The number of hydrogen-bond donors (Lipinski definition) is 0. The Morgan fingerprint density at radius 3 is 2.93 bits per heavy atom. The first kappa shape index (κ1) is 17.8. The minimum absolute atomic E-state index is 0.185. The molecule has 2 heterocycles. The molecule has 1 aliphatic heterocycles. The largest absolute Gasteiger partial charge is 0.441 e. The number of imidazole rings is 1. The van der Waals surface area contributed by atoms with Gasteiger partial charge in [0.05, 0.1) is 35.5 Å². The van der Waals surface area contributed by atoms with Crippen molar-refractivity contribution in [1.29, 1.82) is 5.26 Å². The summed E-state index contributed by atoms with van der Waals surface area (Å²) in [5.74, 6) is 0.426. The van der Waals surface area contributed by atoms with Crippen molar-refractivity contribution in [1.82, 2.24) is 14.5 Å². The van der Waals surface area contributed by atoms with Crippen molar-refractivity contribution < 1.29 is 9.53 Å². The Bertz CT molecular complexity index is 920. The maximum Gasteiger partial charge on any atom is 0.410 e. The predicted molar refractivity (Wildman–Crippen MR) is 102 cm³/mol. The Labute approximate surface area is 159 Å². The third-order valence-electron chi connectivity index (χ3n) is 5.89. The first-order chi connectivity index (χ1) is 12.8. The van der Waals surface area contributed by atoms with Crippen LogP contribution >= 0.6 is 0 Å². The minimum Gasteiger partial charge on any atom is -0.441 e. The number of amides is 1. The maximum absolute atomic E-state index is 12.4. The molecule has 142 valence electrons. The van der Waals surface area contributed by atoms with Gasteiger partial charge in [-0.15, -0.1) is 0 Å². The fourth-order valence-corrected chi connectivity index (χ4v) is 4.52. The summed E-state index contributed by atoms with van der Waals surface area (Å²) in [5.41, 5.74) is 1.97. The molecule has 2 fully saturated rings. The lowest BCUT2D eigenvalue weighted by Gasteiger charge is -2.37. The first-order valence-corrected chi connectivity index (χ1v) is 9.65. The average molecular weight is 366 g/mol. The van der Waals surface area contributed by atoms with E-state index < -0.39 is 0 Å². The van der Waals surface area contributed by atoms with Crippen molar-refractivity contribution in [3.8, 4) is 6.07 Å². The van der Waals surface area contributed by atoms with Crippen LogP contribution in [0.15, 0.2) is 24.5 Å². The molecule has 1 aromatic carbocycles. The zero-order valence-corrected chi connectivity index (χ0v) is 16.2. The summed E-state index contributed by atoms with van der Waals surface area (Å²) in [6.45, 7) is 7.67. The molecular formula is C21H26N4O2. The van der Waals surface area contributed by atoms with Gasteiger partial charge in [0, 0.05) is 12.1 Å². The lowest BCUT2D eigenvalue weighted by atomic mass is 9.77. The van der Waals surface area contributed by atoms with Gasteiger partial charge < -0.3 is 9.30 Å². The van der Waals surface area contributed by atoms with Gasteiger partial charge in [-0.3, -0.25) is 4.90 Å². The molecule has 0 bridgehead atoms. The van der Waals surface area contributed by atoms with E-state index in [2.05, 4.69) is 36.4 Å². The summed E-state index contributed by atoms with van der Waals surface area (Å²) in [6, 6.07) is 7.80. The highest BCUT2D eigenvalue weighted by atomic mass is 16.6. The molecule has 0 N–H and O–H groups in total. The number of aromatic nitrogens is 2. The molecule has 0 unspecified atom stereocenters. The highest BCUT2D eigenvalue weighted by Gasteiger charge is 2.50. The second-order valence-electron chi connectivity index (χ2n) is 8.98. The van der Waals surface area contributed by atoms with Crippen LogP contribution in [0.2, 0.25) is 0 Å². The van der Waals surface area contributed by atoms with E-state index in [1.165, 1.54) is 0 Å². The number of nitrogens with zero attached hydrogens (tertiary/aromatic N) is 4. The van der Waals surface area contributed by atoms with E-state index in [0.29, 0.717) is 18.0 Å². The van der Waals surface area contributed by atoms with Crippen LogP contribution in [0.4, 0.5) is 4.79 Å². The fourth-order valence-electron chi connectivity index (χ4n) is 4.52. The van der Waals surface area contributed by atoms with Crippen LogP contribution in [0.25, 0.3) is 11.0 Å². The van der Waals surface area contributed by atoms with E-state index in [9.17, 15) is 4.79 Å². The topological polar surface area (TPSA) is 71.2 Å². The van der Waals surface area contributed by atoms with Crippen molar-refractivity contribution in [3.63, 3.8) is 0 Å². The molecule has 1 saturated carbocycles. The van der Waals surface area contributed by atoms with E-state index in [0.717, 1.165) is 43.3 Å². The Balaban J connectivity index is 1.53. The fraction of sp³-hybridized carbons (Fsp3) is 0.571. The Morgan fingerprint density at radius 1 is 1.41 bits per heavy atom. The van der Waals surface area contributed by atoms with Crippen LogP contribution in [-0.4, -0.2) is 38.2 Å². The van der Waals surface area contributed by atoms with Gasteiger partial charge in [0.2, 0.25) is 0 Å². The van der Waals surface area contributed by atoms with Gasteiger partial charge in [0.1, 0.15) is 5.60 Å². The summed E-state index contributed by atoms with van der Waals surface area (Å²) >= 11 is 0. The molecule has 1 aromatic heterocycles. The van der Waals surface area contributed by atoms with Crippen LogP contribution in [0.5, 0.6) is 0 Å². The van der Waals surface area contributed by atoms with E-state index in [4.69, 9.17) is 10.00 Å². The van der Waals surface area contributed by atoms with Gasteiger partial charge in [0.25, 0.3) is 0 Å². The lowest BCUT2D eigenvalue weighted by molar-refractivity contribution is 0.00396. The highest BCUT2D eigenvalue weighted by molar-refractivity contribution is 5.77. The number of rotatable bonds is 2. The minimum atomic E-state index is -0.360. The van der Waals surface area contributed by atoms with Gasteiger partial charge in [-0.25, -0.2) is 9.78 Å². The normalized spacial score (nSPS) is 25.8. The van der Waals surface area contributed by atoms with Crippen molar-refractivity contribution >= 4 is 17.1 Å². The van der Waals surface area contributed by atoms with Crippen molar-refractivity contribution in [2.45, 2.75) is 64.1 Å². The second-order valence-corrected chi connectivity index (χ2v) is 8.98. The molecule has 6 heteroatoms. The second kappa shape index (κ2) is 6.26. The molecule has 1 aliphatic carbocycles. The molecule has 1 saturated heterocycles. The zero-order valence-electron chi connectivity index (χ0n) is 16.2. The van der Waals surface area contributed by atoms with E-state index in [1.807, 2.05) is 23.4 Å². The van der Waals surface area contributed by atoms with E-state index in [-0.39, 0.29) is 17.2 Å². The van der Waals surface area contributed by atoms with Gasteiger partial charge in [-0.05, 0) is 70.6 Å². The molecule has 4 rings (SSSR count). The molecular weight excluding hydrogens is 340 g/mol. The number of carbonyl (C=O) groups excluding carboxylic acids is 1. The smallest absolute Gasteiger partial charge is 0.410 e.